The van der Waals surface area contributed by atoms with Crippen molar-refractivity contribution in [2.75, 3.05) is 6.61 Å². The number of pyridine rings is 1. The Morgan fingerprint density at radius 1 is 1.56 bits per heavy atom. The second-order valence-corrected chi connectivity index (χ2v) is 3.42. The summed E-state index contributed by atoms with van der Waals surface area (Å²) in [5.74, 6) is 1.17. The first kappa shape index (κ1) is 11.9. The third-order valence-electron chi connectivity index (χ3n) is 2.21. The van der Waals surface area contributed by atoms with E-state index in [4.69, 9.17) is 15.7 Å². The predicted molar refractivity (Wildman–Crippen MR) is 65.0 cm³/mol. The van der Waals surface area contributed by atoms with Crippen molar-refractivity contribution >= 4 is 5.84 Å². The van der Waals surface area contributed by atoms with Gasteiger partial charge in [-0.2, -0.15) is 5.10 Å². The first-order valence-electron chi connectivity index (χ1n) is 5.37. The molecule has 18 heavy (non-hydrogen) atoms. The first-order valence-corrected chi connectivity index (χ1v) is 5.37. The lowest BCUT2D eigenvalue weighted by Crippen LogP contribution is -2.16. The number of hydrogen-bond acceptors (Lipinski definition) is 5. The molecule has 0 aliphatic carbocycles. The van der Waals surface area contributed by atoms with Gasteiger partial charge in [0.05, 0.1) is 19.0 Å². The highest BCUT2D eigenvalue weighted by atomic mass is 16.5. The Bertz CT molecular complexity index is 564. The van der Waals surface area contributed by atoms with Crippen molar-refractivity contribution in [1.82, 2.24) is 14.8 Å². The fourth-order valence-corrected chi connectivity index (χ4v) is 1.42. The fraction of sp³-hybridized carbons (Fsp3) is 0.182. The summed E-state index contributed by atoms with van der Waals surface area (Å²) in [4.78, 5) is 4.22. The third kappa shape index (κ3) is 2.40. The summed E-state index contributed by atoms with van der Waals surface area (Å²) in [5, 5.41) is 15.6. The molecule has 94 valence electrons. The Balaban J connectivity index is 2.32. The van der Waals surface area contributed by atoms with Gasteiger partial charge in [-0.1, -0.05) is 11.2 Å². The average molecular weight is 247 g/mol. The number of oxime groups is 1. The van der Waals surface area contributed by atoms with Crippen LogP contribution in [-0.4, -0.2) is 32.4 Å². The average Bonchev–Trinajstić information content (AvgIpc) is 2.87. The molecule has 0 aromatic carbocycles. The molecule has 2 aromatic heterocycles. The van der Waals surface area contributed by atoms with Crippen LogP contribution in [0, 0.1) is 0 Å². The Morgan fingerprint density at radius 2 is 2.39 bits per heavy atom. The zero-order valence-electron chi connectivity index (χ0n) is 9.82. The van der Waals surface area contributed by atoms with Crippen molar-refractivity contribution in [2.24, 2.45) is 10.9 Å². The van der Waals surface area contributed by atoms with Crippen LogP contribution in [0.15, 0.2) is 35.7 Å². The number of aromatic nitrogens is 3. The van der Waals surface area contributed by atoms with E-state index in [2.05, 4.69) is 15.2 Å². The zero-order chi connectivity index (χ0) is 13.0. The summed E-state index contributed by atoms with van der Waals surface area (Å²) >= 11 is 0. The third-order valence-corrected chi connectivity index (χ3v) is 2.21. The van der Waals surface area contributed by atoms with Gasteiger partial charge in [0.1, 0.15) is 5.69 Å². The lowest BCUT2D eigenvalue weighted by molar-refractivity contribution is 0.318. The van der Waals surface area contributed by atoms with Gasteiger partial charge in [-0.25, -0.2) is 9.67 Å². The van der Waals surface area contributed by atoms with Crippen molar-refractivity contribution in [2.45, 2.75) is 6.92 Å². The number of rotatable bonds is 4. The molecule has 0 amide bonds. The van der Waals surface area contributed by atoms with Crippen LogP contribution in [0.3, 0.4) is 0 Å². The minimum atomic E-state index is -0.0472. The van der Waals surface area contributed by atoms with Crippen LogP contribution >= 0.6 is 0 Å². The smallest absolute Gasteiger partial charge is 0.188 e. The molecule has 0 aliphatic rings. The van der Waals surface area contributed by atoms with E-state index in [1.807, 2.05) is 6.92 Å². The van der Waals surface area contributed by atoms with Crippen LogP contribution in [0.4, 0.5) is 0 Å². The normalized spacial score (nSPS) is 11.5. The standard InChI is InChI=1S/C11H13N5O2/c1-2-18-8-6-13-16(7-8)10-5-3-4-9(14-10)11(12)15-17/h3-7,17H,2H2,1H3,(H2,12,15). The molecule has 2 aromatic rings. The summed E-state index contributed by atoms with van der Waals surface area (Å²) in [6.07, 6.45) is 3.31. The van der Waals surface area contributed by atoms with E-state index < -0.39 is 0 Å². The molecule has 0 saturated carbocycles. The van der Waals surface area contributed by atoms with Crippen LogP contribution < -0.4 is 10.5 Å². The Kier molecular flexibility index (Phi) is 3.42. The maximum Gasteiger partial charge on any atom is 0.188 e. The summed E-state index contributed by atoms with van der Waals surface area (Å²) in [6, 6.07) is 5.15. The minimum absolute atomic E-state index is 0.0472. The van der Waals surface area contributed by atoms with Crippen LogP contribution in [0.1, 0.15) is 12.6 Å². The van der Waals surface area contributed by atoms with Gasteiger partial charge in [0.15, 0.2) is 17.4 Å². The SMILES string of the molecule is CCOc1cnn(-c2cccc(/C(N)=N/O)n2)c1. The molecule has 0 radical (unpaired) electrons. The molecule has 0 fully saturated rings. The number of hydrogen-bond donors (Lipinski definition) is 2. The number of nitrogens with two attached hydrogens (primary N) is 1. The van der Waals surface area contributed by atoms with E-state index in [0.717, 1.165) is 0 Å². The van der Waals surface area contributed by atoms with Crippen molar-refractivity contribution in [3.63, 3.8) is 0 Å². The van der Waals surface area contributed by atoms with Gasteiger partial charge >= 0.3 is 0 Å². The van der Waals surface area contributed by atoms with Crippen molar-refractivity contribution < 1.29 is 9.94 Å². The van der Waals surface area contributed by atoms with E-state index in [1.54, 1.807) is 35.3 Å². The quantitative estimate of drug-likeness (QED) is 0.359. The lowest BCUT2D eigenvalue weighted by atomic mass is 10.3. The van der Waals surface area contributed by atoms with Crippen LogP contribution in [0.2, 0.25) is 0 Å². The van der Waals surface area contributed by atoms with Crippen LogP contribution in [0.25, 0.3) is 5.82 Å². The molecule has 7 heteroatoms. The van der Waals surface area contributed by atoms with Crippen molar-refractivity contribution in [3.05, 3.63) is 36.3 Å². The van der Waals surface area contributed by atoms with E-state index in [1.165, 1.54) is 0 Å². The highest BCUT2D eigenvalue weighted by Gasteiger charge is 2.06. The molecular formula is C11H13N5O2. The molecule has 7 nitrogen and oxygen atoms in total. The number of nitrogens with zero attached hydrogens (tertiary/aromatic N) is 4. The summed E-state index contributed by atoms with van der Waals surface area (Å²) < 4.78 is 6.86. The predicted octanol–water partition coefficient (Wildman–Crippen LogP) is 0.760. The molecule has 2 heterocycles. The topological polar surface area (TPSA) is 98.6 Å². The Hall–Kier alpha value is -2.57. The minimum Gasteiger partial charge on any atom is -0.491 e. The van der Waals surface area contributed by atoms with Gasteiger partial charge in [0.2, 0.25) is 0 Å². The van der Waals surface area contributed by atoms with Crippen LogP contribution in [0.5, 0.6) is 5.75 Å². The molecule has 2 rings (SSSR count). The first-order chi connectivity index (χ1) is 8.74. The van der Waals surface area contributed by atoms with Gasteiger partial charge in [0, 0.05) is 0 Å². The van der Waals surface area contributed by atoms with E-state index in [0.29, 0.717) is 23.9 Å². The summed E-state index contributed by atoms with van der Waals surface area (Å²) in [6.45, 7) is 2.47. The van der Waals surface area contributed by atoms with Crippen molar-refractivity contribution in [1.29, 1.82) is 0 Å². The van der Waals surface area contributed by atoms with Gasteiger partial charge in [0.25, 0.3) is 0 Å². The Morgan fingerprint density at radius 3 is 3.11 bits per heavy atom. The second kappa shape index (κ2) is 5.17. The summed E-state index contributed by atoms with van der Waals surface area (Å²) in [7, 11) is 0. The summed E-state index contributed by atoms with van der Waals surface area (Å²) in [5.41, 5.74) is 5.86. The molecule has 3 N–H and O–H groups in total. The molecule has 0 saturated heterocycles. The number of ether oxygens (including phenoxy) is 1. The van der Waals surface area contributed by atoms with Gasteiger partial charge in [-0.3, -0.25) is 0 Å². The van der Waals surface area contributed by atoms with Crippen molar-refractivity contribution in [3.8, 4) is 11.6 Å². The zero-order valence-corrected chi connectivity index (χ0v) is 9.82. The van der Waals surface area contributed by atoms with E-state index in [9.17, 15) is 0 Å². The molecule has 0 unspecified atom stereocenters. The lowest BCUT2D eigenvalue weighted by Gasteiger charge is -2.02. The largest absolute Gasteiger partial charge is 0.491 e. The Labute approximate surface area is 104 Å². The molecular weight excluding hydrogens is 234 g/mol. The monoisotopic (exact) mass is 247 g/mol. The van der Waals surface area contributed by atoms with Gasteiger partial charge in [-0.15, -0.1) is 0 Å². The maximum absolute atomic E-state index is 8.60. The molecule has 0 spiro atoms. The molecule has 0 atom stereocenters. The van der Waals surface area contributed by atoms with Gasteiger partial charge in [-0.05, 0) is 19.1 Å². The number of amidine groups is 1. The molecule has 0 aliphatic heterocycles. The maximum atomic E-state index is 8.60. The van der Waals surface area contributed by atoms with Gasteiger partial charge < -0.3 is 15.7 Å². The van der Waals surface area contributed by atoms with E-state index in [-0.39, 0.29) is 5.84 Å². The fourth-order valence-electron chi connectivity index (χ4n) is 1.42. The second-order valence-electron chi connectivity index (χ2n) is 3.42. The highest BCUT2D eigenvalue weighted by Crippen LogP contribution is 2.12. The van der Waals surface area contributed by atoms with E-state index >= 15 is 0 Å². The molecule has 0 bridgehead atoms. The van der Waals surface area contributed by atoms with Crippen LogP contribution in [-0.2, 0) is 0 Å². The highest BCUT2D eigenvalue weighted by molar-refractivity contribution is 5.95.